The first kappa shape index (κ1) is 18.1. The molecule has 1 unspecified atom stereocenters. The number of H-pyrrole nitrogens is 1. The molecule has 1 aromatic carbocycles. The van der Waals surface area contributed by atoms with Crippen LogP contribution in [0.1, 0.15) is 12.8 Å². The highest BCUT2D eigenvalue weighted by atomic mass is 79.9. The molecule has 0 radical (unpaired) electrons. The number of hydrogen-bond acceptors (Lipinski definition) is 7. The number of hydrogen-bond donors (Lipinski definition) is 1. The highest BCUT2D eigenvalue weighted by Crippen LogP contribution is 2.24. The van der Waals surface area contributed by atoms with E-state index < -0.39 is 15.8 Å². The highest BCUT2D eigenvalue weighted by Gasteiger charge is 2.32. The van der Waals surface area contributed by atoms with Gasteiger partial charge in [0.15, 0.2) is 5.58 Å². The predicted octanol–water partition coefficient (Wildman–Crippen LogP) is 1.91. The lowest BCUT2D eigenvalue weighted by atomic mass is 10.1. The summed E-state index contributed by atoms with van der Waals surface area (Å²) in [5.41, 5.74) is 0.653. The SMILES string of the molecule is O=c1[nH]c2cc(S(=O)(=O)N3CCCC(Oc4ncc(Br)cn4)C3)ccc2o1. The third-order valence-electron chi connectivity index (χ3n) is 4.24. The molecular weight excluding hydrogens is 440 g/mol. The third-order valence-corrected chi connectivity index (χ3v) is 6.51. The Labute approximate surface area is 162 Å². The van der Waals surface area contributed by atoms with Gasteiger partial charge in [-0.05, 0) is 47.0 Å². The van der Waals surface area contributed by atoms with Crippen LogP contribution in [0.3, 0.4) is 0 Å². The van der Waals surface area contributed by atoms with Crippen LogP contribution in [0.15, 0.2) is 49.2 Å². The molecule has 0 spiro atoms. The summed E-state index contributed by atoms with van der Waals surface area (Å²) in [7, 11) is -3.73. The number of sulfonamides is 1. The lowest BCUT2D eigenvalue weighted by Gasteiger charge is -2.31. The first-order valence-corrected chi connectivity index (χ1v) is 10.4. The number of halogens is 1. The van der Waals surface area contributed by atoms with Gasteiger partial charge in [-0.2, -0.15) is 4.31 Å². The minimum atomic E-state index is -3.73. The van der Waals surface area contributed by atoms with Crippen molar-refractivity contribution in [3.8, 4) is 6.01 Å². The average Bonchev–Trinajstić information content (AvgIpc) is 3.03. The molecule has 1 saturated heterocycles. The summed E-state index contributed by atoms with van der Waals surface area (Å²) < 4.78 is 38.7. The molecule has 1 aliphatic rings. The van der Waals surface area contributed by atoms with Gasteiger partial charge in [0.2, 0.25) is 10.0 Å². The van der Waals surface area contributed by atoms with Crippen LogP contribution >= 0.6 is 15.9 Å². The zero-order valence-electron chi connectivity index (χ0n) is 14.0. The van der Waals surface area contributed by atoms with E-state index in [-0.39, 0.29) is 23.6 Å². The Morgan fingerprint density at radius 1 is 1.30 bits per heavy atom. The van der Waals surface area contributed by atoms with Gasteiger partial charge in [0.25, 0.3) is 0 Å². The van der Waals surface area contributed by atoms with Crippen molar-refractivity contribution in [3.63, 3.8) is 0 Å². The highest BCUT2D eigenvalue weighted by molar-refractivity contribution is 9.10. The van der Waals surface area contributed by atoms with Crippen molar-refractivity contribution in [2.45, 2.75) is 23.8 Å². The van der Waals surface area contributed by atoms with Crippen LogP contribution in [0, 0.1) is 0 Å². The summed E-state index contributed by atoms with van der Waals surface area (Å²) in [4.78, 5) is 22.0. The van der Waals surface area contributed by atoms with Gasteiger partial charge in [0.1, 0.15) is 6.10 Å². The molecule has 0 saturated carbocycles. The van der Waals surface area contributed by atoms with Gasteiger partial charge < -0.3 is 9.15 Å². The number of oxazole rings is 1. The van der Waals surface area contributed by atoms with Crippen LogP contribution < -0.4 is 10.5 Å². The van der Waals surface area contributed by atoms with E-state index in [0.29, 0.717) is 30.5 Å². The summed E-state index contributed by atoms with van der Waals surface area (Å²) in [6, 6.07) is 4.50. The molecule has 4 rings (SSSR count). The van der Waals surface area contributed by atoms with Gasteiger partial charge >= 0.3 is 11.8 Å². The van der Waals surface area contributed by atoms with Crippen LogP contribution in [0.4, 0.5) is 0 Å². The van der Waals surface area contributed by atoms with Gasteiger partial charge in [-0.15, -0.1) is 0 Å². The van der Waals surface area contributed by atoms with Crippen molar-refractivity contribution in [2.24, 2.45) is 0 Å². The molecule has 0 bridgehead atoms. The van der Waals surface area contributed by atoms with Crippen LogP contribution in [0.5, 0.6) is 6.01 Å². The van der Waals surface area contributed by atoms with Crippen LogP contribution in [0.2, 0.25) is 0 Å². The first-order valence-electron chi connectivity index (χ1n) is 8.19. The lowest BCUT2D eigenvalue weighted by Crippen LogP contribution is -2.44. The quantitative estimate of drug-likeness (QED) is 0.639. The molecule has 142 valence electrons. The largest absolute Gasteiger partial charge is 0.459 e. The number of aromatic nitrogens is 3. The third kappa shape index (κ3) is 3.75. The van der Waals surface area contributed by atoms with Gasteiger partial charge in [-0.3, -0.25) is 4.98 Å². The predicted molar refractivity (Wildman–Crippen MR) is 99.0 cm³/mol. The molecule has 11 heteroatoms. The minimum absolute atomic E-state index is 0.0904. The number of aromatic amines is 1. The molecule has 0 aliphatic carbocycles. The van der Waals surface area contributed by atoms with E-state index in [1.54, 1.807) is 12.4 Å². The molecule has 0 amide bonds. The number of nitrogens with zero attached hydrogens (tertiary/aromatic N) is 3. The lowest BCUT2D eigenvalue weighted by molar-refractivity contribution is 0.119. The second-order valence-electron chi connectivity index (χ2n) is 6.10. The van der Waals surface area contributed by atoms with E-state index in [4.69, 9.17) is 9.15 Å². The molecule has 27 heavy (non-hydrogen) atoms. The summed E-state index contributed by atoms with van der Waals surface area (Å²) in [5, 5.41) is 0. The molecule has 1 N–H and O–H groups in total. The summed E-state index contributed by atoms with van der Waals surface area (Å²) >= 11 is 3.25. The van der Waals surface area contributed by atoms with Crippen molar-refractivity contribution in [3.05, 3.63) is 45.6 Å². The maximum absolute atomic E-state index is 13.0. The Kier molecular flexibility index (Phi) is 4.74. The normalized spacial score (nSPS) is 18.6. The van der Waals surface area contributed by atoms with Crippen molar-refractivity contribution >= 4 is 37.1 Å². The fourth-order valence-electron chi connectivity index (χ4n) is 2.97. The van der Waals surface area contributed by atoms with Crippen LogP contribution in [-0.4, -0.2) is 46.9 Å². The monoisotopic (exact) mass is 454 g/mol. The van der Waals surface area contributed by atoms with Gasteiger partial charge in [-0.1, -0.05) is 0 Å². The van der Waals surface area contributed by atoms with E-state index in [2.05, 4.69) is 30.9 Å². The number of nitrogens with one attached hydrogen (secondary N) is 1. The number of ether oxygens (including phenoxy) is 1. The Bertz CT molecular complexity index is 1130. The average molecular weight is 455 g/mol. The van der Waals surface area contributed by atoms with E-state index in [1.807, 2.05) is 0 Å². The van der Waals surface area contributed by atoms with Crippen molar-refractivity contribution in [1.82, 2.24) is 19.3 Å². The molecule has 1 aliphatic heterocycles. The van der Waals surface area contributed by atoms with E-state index in [1.165, 1.54) is 22.5 Å². The second-order valence-corrected chi connectivity index (χ2v) is 8.96. The van der Waals surface area contributed by atoms with Gasteiger partial charge in [0.05, 0.1) is 21.4 Å². The Morgan fingerprint density at radius 3 is 2.85 bits per heavy atom. The van der Waals surface area contributed by atoms with Crippen LogP contribution in [-0.2, 0) is 10.0 Å². The molecule has 1 fully saturated rings. The maximum atomic E-state index is 13.0. The molecule has 1 atom stereocenters. The first-order chi connectivity index (χ1) is 12.9. The Balaban J connectivity index is 1.55. The number of fused-ring (bicyclic) bond motifs is 1. The number of piperidine rings is 1. The van der Waals surface area contributed by atoms with Crippen molar-refractivity contribution < 1.29 is 17.6 Å². The van der Waals surface area contributed by atoms with E-state index >= 15 is 0 Å². The Morgan fingerprint density at radius 2 is 2.07 bits per heavy atom. The Hall–Kier alpha value is -2.24. The minimum Gasteiger partial charge on any atom is -0.459 e. The smallest absolute Gasteiger partial charge is 0.417 e. The summed E-state index contributed by atoms with van der Waals surface area (Å²) in [6.07, 6.45) is 4.17. The summed E-state index contributed by atoms with van der Waals surface area (Å²) in [5.74, 6) is -0.625. The standard InChI is InChI=1S/C16H15BrN4O5S/c17-10-7-18-15(19-8-10)25-11-2-1-5-21(9-11)27(23,24)12-3-4-14-13(6-12)20-16(22)26-14/h3-4,6-8,11H,1-2,5,9H2,(H,20,22). The zero-order valence-corrected chi connectivity index (χ0v) is 16.4. The topological polar surface area (TPSA) is 118 Å². The van der Waals surface area contributed by atoms with E-state index in [9.17, 15) is 13.2 Å². The second kappa shape index (κ2) is 7.06. The molecule has 3 heterocycles. The van der Waals surface area contributed by atoms with Crippen LogP contribution in [0.25, 0.3) is 11.1 Å². The molecule has 9 nitrogen and oxygen atoms in total. The van der Waals surface area contributed by atoms with E-state index in [0.717, 1.165) is 4.47 Å². The molecule has 2 aromatic heterocycles. The van der Waals surface area contributed by atoms with Gasteiger partial charge in [0, 0.05) is 18.9 Å². The van der Waals surface area contributed by atoms with Gasteiger partial charge in [-0.25, -0.2) is 23.2 Å². The fraction of sp³-hybridized carbons (Fsp3) is 0.312. The van der Waals surface area contributed by atoms with Crippen molar-refractivity contribution in [1.29, 1.82) is 0 Å². The molecular formula is C16H15BrN4O5S. The van der Waals surface area contributed by atoms with Crippen molar-refractivity contribution in [2.75, 3.05) is 13.1 Å². The summed E-state index contributed by atoms with van der Waals surface area (Å²) in [6.45, 7) is 0.588. The number of benzene rings is 1. The molecule has 3 aromatic rings. The fourth-order valence-corrected chi connectivity index (χ4v) is 4.71. The maximum Gasteiger partial charge on any atom is 0.417 e. The zero-order chi connectivity index (χ0) is 19.0. The number of rotatable bonds is 4.